The molecule has 1 aliphatic heterocycles. The second-order valence-electron chi connectivity index (χ2n) is 4.21. The number of benzene rings is 1. The second kappa shape index (κ2) is 4.88. The lowest BCUT2D eigenvalue weighted by Gasteiger charge is -2.14. The van der Waals surface area contributed by atoms with Crippen LogP contribution in [0, 0.1) is 11.3 Å². The second-order valence-corrected chi connectivity index (χ2v) is 4.21. The standard InChI is InChI=1S/C13H14N2O2/c14-6-3-10-1-2-11-4-7-15(13(16)17)8-5-12(11)9-10/h1-2,9H,3-5,7-8H2,(H,16,17). The van der Waals surface area contributed by atoms with Crippen molar-refractivity contribution in [2.45, 2.75) is 19.3 Å². The molecule has 0 aliphatic carbocycles. The van der Waals surface area contributed by atoms with Gasteiger partial charge in [0.15, 0.2) is 0 Å². The summed E-state index contributed by atoms with van der Waals surface area (Å²) in [6.07, 6.45) is 1.06. The number of fused-ring (bicyclic) bond motifs is 1. The number of nitrogens with zero attached hydrogens (tertiary/aromatic N) is 2. The first kappa shape index (κ1) is 11.5. The van der Waals surface area contributed by atoms with Crippen molar-refractivity contribution in [2.24, 2.45) is 0 Å². The van der Waals surface area contributed by atoms with E-state index in [2.05, 4.69) is 6.07 Å². The van der Waals surface area contributed by atoms with E-state index in [1.54, 1.807) is 0 Å². The number of hydrogen-bond donors (Lipinski definition) is 1. The highest BCUT2D eigenvalue weighted by atomic mass is 16.4. The molecule has 0 unspecified atom stereocenters. The molecule has 4 heteroatoms. The normalized spacial score (nSPS) is 14.6. The zero-order valence-corrected chi connectivity index (χ0v) is 9.52. The first-order valence-corrected chi connectivity index (χ1v) is 5.66. The fraction of sp³-hybridized carbons (Fsp3) is 0.385. The number of carbonyl (C=O) groups is 1. The maximum Gasteiger partial charge on any atom is 0.407 e. The smallest absolute Gasteiger partial charge is 0.407 e. The topological polar surface area (TPSA) is 64.3 Å². The third-order valence-corrected chi connectivity index (χ3v) is 3.13. The van der Waals surface area contributed by atoms with E-state index in [9.17, 15) is 4.79 Å². The van der Waals surface area contributed by atoms with Crippen LogP contribution in [0.1, 0.15) is 16.7 Å². The van der Waals surface area contributed by atoms with Crippen molar-refractivity contribution in [3.05, 3.63) is 34.9 Å². The van der Waals surface area contributed by atoms with Gasteiger partial charge in [-0.1, -0.05) is 18.2 Å². The van der Waals surface area contributed by atoms with E-state index in [4.69, 9.17) is 10.4 Å². The number of amides is 1. The predicted octanol–water partition coefficient (Wildman–Crippen LogP) is 1.83. The molecule has 17 heavy (non-hydrogen) atoms. The quantitative estimate of drug-likeness (QED) is 0.800. The molecule has 0 radical (unpaired) electrons. The maximum absolute atomic E-state index is 10.9. The molecular formula is C13H14N2O2. The summed E-state index contributed by atoms with van der Waals surface area (Å²) in [7, 11) is 0. The zero-order valence-electron chi connectivity index (χ0n) is 9.52. The van der Waals surface area contributed by atoms with Gasteiger partial charge in [-0.2, -0.15) is 5.26 Å². The van der Waals surface area contributed by atoms with Crippen molar-refractivity contribution >= 4 is 6.09 Å². The van der Waals surface area contributed by atoms with Gasteiger partial charge in [0.1, 0.15) is 0 Å². The molecule has 88 valence electrons. The Morgan fingerprint density at radius 1 is 1.35 bits per heavy atom. The molecule has 0 atom stereocenters. The van der Waals surface area contributed by atoms with Gasteiger partial charge in [-0.05, 0) is 29.5 Å². The highest BCUT2D eigenvalue weighted by Crippen LogP contribution is 2.18. The van der Waals surface area contributed by atoms with Crippen molar-refractivity contribution < 1.29 is 9.90 Å². The lowest BCUT2D eigenvalue weighted by Crippen LogP contribution is -2.31. The molecule has 1 N–H and O–H groups in total. The van der Waals surface area contributed by atoms with Crippen molar-refractivity contribution in [2.75, 3.05) is 13.1 Å². The molecule has 0 saturated carbocycles. The Balaban J connectivity index is 2.19. The predicted molar refractivity (Wildman–Crippen MR) is 62.8 cm³/mol. The Morgan fingerprint density at radius 2 is 2.06 bits per heavy atom. The van der Waals surface area contributed by atoms with Crippen LogP contribution in [0.2, 0.25) is 0 Å². The lowest BCUT2D eigenvalue weighted by atomic mass is 9.99. The maximum atomic E-state index is 10.9. The molecule has 1 heterocycles. The van der Waals surface area contributed by atoms with Crippen LogP contribution in [-0.2, 0) is 19.3 Å². The average Bonchev–Trinajstić information content (AvgIpc) is 2.51. The summed E-state index contributed by atoms with van der Waals surface area (Å²) in [5.41, 5.74) is 3.40. The summed E-state index contributed by atoms with van der Waals surface area (Å²) >= 11 is 0. The average molecular weight is 230 g/mol. The zero-order chi connectivity index (χ0) is 12.3. The van der Waals surface area contributed by atoms with Crippen molar-refractivity contribution in [3.63, 3.8) is 0 Å². The summed E-state index contributed by atoms with van der Waals surface area (Å²) in [5.74, 6) is 0. The van der Waals surface area contributed by atoms with Gasteiger partial charge in [-0.3, -0.25) is 0 Å². The van der Waals surface area contributed by atoms with Crippen LogP contribution in [-0.4, -0.2) is 29.2 Å². The molecule has 2 rings (SSSR count). The van der Waals surface area contributed by atoms with Crippen LogP contribution in [0.25, 0.3) is 0 Å². The molecule has 1 amide bonds. The molecule has 0 spiro atoms. The number of nitriles is 1. The van der Waals surface area contributed by atoms with Gasteiger partial charge in [0.05, 0.1) is 12.5 Å². The molecule has 0 aromatic heterocycles. The van der Waals surface area contributed by atoms with Gasteiger partial charge < -0.3 is 10.0 Å². The van der Waals surface area contributed by atoms with Gasteiger partial charge in [0, 0.05) is 13.1 Å². The molecular weight excluding hydrogens is 216 g/mol. The van der Waals surface area contributed by atoms with E-state index < -0.39 is 6.09 Å². The van der Waals surface area contributed by atoms with E-state index >= 15 is 0 Å². The molecule has 0 bridgehead atoms. The minimum Gasteiger partial charge on any atom is -0.465 e. The van der Waals surface area contributed by atoms with Crippen molar-refractivity contribution in [3.8, 4) is 6.07 Å². The van der Waals surface area contributed by atoms with Crippen LogP contribution < -0.4 is 0 Å². The Kier molecular flexibility index (Phi) is 3.29. The highest BCUT2D eigenvalue weighted by molar-refractivity contribution is 5.65. The van der Waals surface area contributed by atoms with E-state index in [0.29, 0.717) is 19.5 Å². The van der Waals surface area contributed by atoms with Gasteiger partial charge >= 0.3 is 6.09 Å². The Bertz CT molecular complexity index is 477. The fourth-order valence-corrected chi connectivity index (χ4v) is 2.17. The number of rotatable bonds is 1. The third kappa shape index (κ3) is 2.56. The van der Waals surface area contributed by atoms with Crippen molar-refractivity contribution in [1.29, 1.82) is 5.26 Å². The molecule has 4 nitrogen and oxygen atoms in total. The molecule has 0 saturated heterocycles. The molecule has 1 aliphatic rings. The first-order chi connectivity index (χ1) is 8.20. The van der Waals surface area contributed by atoms with Crippen molar-refractivity contribution in [1.82, 2.24) is 4.90 Å². The van der Waals surface area contributed by atoms with Gasteiger partial charge in [0.25, 0.3) is 0 Å². The van der Waals surface area contributed by atoms with E-state index in [-0.39, 0.29) is 0 Å². The first-order valence-electron chi connectivity index (χ1n) is 5.66. The Hall–Kier alpha value is -2.02. The summed E-state index contributed by atoms with van der Waals surface area (Å²) in [5, 5.41) is 17.6. The monoisotopic (exact) mass is 230 g/mol. The van der Waals surface area contributed by atoms with E-state index in [1.807, 2.05) is 18.2 Å². The molecule has 1 aromatic rings. The summed E-state index contributed by atoms with van der Waals surface area (Å²) in [6, 6.07) is 8.14. The van der Waals surface area contributed by atoms with Crippen LogP contribution in [0.4, 0.5) is 4.79 Å². The highest BCUT2D eigenvalue weighted by Gasteiger charge is 2.17. The summed E-state index contributed by atoms with van der Waals surface area (Å²) in [4.78, 5) is 12.4. The third-order valence-electron chi connectivity index (χ3n) is 3.13. The Morgan fingerprint density at radius 3 is 2.71 bits per heavy atom. The SMILES string of the molecule is N#CCc1ccc2c(c1)CCN(C(=O)O)CC2. The summed E-state index contributed by atoms with van der Waals surface area (Å²) < 4.78 is 0. The minimum atomic E-state index is -0.852. The number of carboxylic acid groups (broad SMARTS) is 1. The van der Waals surface area contributed by atoms with Gasteiger partial charge in [-0.25, -0.2) is 4.79 Å². The largest absolute Gasteiger partial charge is 0.465 e. The van der Waals surface area contributed by atoms with Crippen LogP contribution in [0.3, 0.4) is 0 Å². The lowest BCUT2D eigenvalue weighted by molar-refractivity contribution is 0.147. The van der Waals surface area contributed by atoms with Crippen LogP contribution in [0.15, 0.2) is 18.2 Å². The van der Waals surface area contributed by atoms with E-state index in [0.717, 1.165) is 18.4 Å². The van der Waals surface area contributed by atoms with Crippen LogP contribution in [0.5, 0.6) is 0 Å². The Labute approximate surface area is 100 Å². The fourth-order valence-electron chi connectivity index (χ4n) is 2.17. The van der Waals surface area contributed by atoms with Gasteiger partial charge in [-0.15, -0.1) is 0 Å². The minimum absolute atomic E-state index is 0.413. The molecule has 1 aromatic carbocycles. The number of hydrogen-bond acceptors (Lipinski definition) is 2. The molecule has 0 fully saturated rings. The van der Waals surface area contributed by atoms with Crippen LogP contribution >= 0.6 is 0 Å². The van der Waals surface area contributed by atoms with E-state index in [1.165, 1.54) is 16.0 Å². The van der Waals surface area contributed by atoms with Gasteiger partial charge in [0.2, 0.25) is 0 Å². The summed E-state index contributed by atoms with van der Waals surface area (Å²) in [6.45, 7) is 1.10.